The molecule has 3 nitrogen and oxygen atoms in total. The number of nitro groups is 1. The van der Waals surface area contributed by atoms with Gasteiger partial charge >= 0.3 is 5.00 Å². The zero-order valence-corrected chi connectivity index (χ0v) is 9.09. The van der Waals surface area contributed by atoms with Crippen LogP contribution in [0.25, 0.3) is 11.1 Å². The number of benzene rings is 1. The van der Waals surface area contributed by atoms with Crippen molar-refractivity contribution in [2.75, 3.05) is 0 Å². The van der Waals surface area contributed by atoms with Crippen LogP contribution in [0.2, 0.25) is 5.02 Å². The number of nitrogens with zero attached hydrogens (tertiary/aromatic N) is 1. The lowest BCUT2D eigenvalue weighted by molar-refractivity contribution is -0.379. The van der Waals surface area contributed by atoms with Crippen LogP contribution in [0.1, 0.15) is 0 Å². The Morgan fingerprint density at radius 3 is 2.47 bits per heavy atom. The SMILES string of the molecule is O=[N+]([O-])c1sccc1-c1ccc(Cl)cc1. The van der Waals surface area contributed by atoms with E-state index in [9.17, 15) is 10.1 Å². The predicted molar refractivity (Wildman–Crippen MR) is 61.4 cm³/mol. The van der Waals surface area contributed by atoms with Crippen molar-refractivity contribution in [2.24, 2.45) is 0 Å². The smallest absolute Gasteiger partial charge is 0.258 e. The van der Waals surface area contributed by atoms with Gasteiger partial charge in [0.15, 0.2) is 0 Å². The summed E-state index contributed by atoms with van der Waals surface area (Å²) in [5, 5.41) is 13.2. The Labute approximate surface area is 95.1 Å². The Morgan fingerprint density at radius 2 is 1.87 bits per heavy atom. The van der Waals surface area contributed by atoms with Crippen molar-refractivity contribution in [3.05, 3.63) is 50.8 Å². The molecule has 0 amide bonds. The summed E-state index contributed by atoms with van der Waals surface area (Å²) >= 11 is 6.87. The van der Waals surface area contributed by atoms with Gasteiger partial charge in [-0.3, -0.25) is 10.1 Å². The molecule has 0 radical (unpaired) electrons. The first-order chi connectivity index (χ1) is 7.18. The third-order valence-electron chi connectivity index (χ3n) is 1.97. The number of thiophene rings is 1. The van der Waals surface area contributed by atoms with Gasteiger partial charge in [0, 0.05) is 5.02 Å². The van der Waals surface area contributed by atoms with E-state index in [4.69, 9.17) is 11.6 Å². The average Bonchev–Trinajstić information content (AvgIpc) is 2.67. The summed E-state index contributed by atoms with van der Waals surface area (Å²) in [6.45, 7) is 0. The summed E-state index contributed by atoms with van der Waals surface area (Å²) < 4.78 is 0. The first-order valence-corrected chi connectivity index (χ1v) is 5.42. The van der Waals surface area contributed by atoms with E-state index >= 15 is 0 Å². The maximum atomic E-state index is 10.7. The molecule has 15 heavy (non-hydrogen) atoms. The molecule has 0 saturated heterocycles. The highest BCUT2D eigenvalue weighted by molar-refractivity contribution is 7.13. The summed E-state index contributed by atoms with van der Waals surface area (Å²) in [7, 11) is 0. The zero-order valence-electron chi connectivity index (χ0n) is 7.51. The maximum absolute atomic E-state index is 10.7. The van der Waals surface area contributed by atoms with Gasteiger partial charge in [0.1, 0.15) is 0 Å². The molecule has 0 aliphatic carbocycles. The van der Waals surface area contributed by atoms with Crippen LogP contribution in [0.4, 0.5) is 5.00 Å². The summed E-state index contributed by atoms with van der Waals surface area (Å²) in [5.41, 5.74) is 1.45. The minimum absolute atomic E-state index is 0.164. The fourth-order valence-electron chi connectivity index (χ4n) is 1.29. The van der Waals surface area contributed by atoms with Crippen molar-refractivity contribution in [1.29, 1.82) is 0 Å². The van der Waals surface area contributed by atoms with E-state index in [2.05, 4.69) is 0 Å². The van der Waals surface area contributed by atoms with Gasteiger partial charge in [-0.15, -0.1) is 0 Å². The molecule has 1 aromatic carbocycles. The number of halogens is 1. The van der Waals surface area contributed by atoms with Gasteiger partial charge in [0.2, 0.25) is 0 Å². The molecule has 0 N–H and O–H groups in total. The van der Waals surface area contributed by atoms with Gasteiger partial charge in [-0.05, 0) is 29.1 Å². The van der Waals surface area contributed by atoms with Crippen LogP contribution in [0.3, 0.4) is 0 Å². The highest BCUT2D eigenvalue weighted by Gasteiger charge is 2.16. The molecule has 76 valence electrons. The van der Waals surface area contributed by atoms with Crippen LogP contribution in [0, 0.1) is 10.1 Å². The largest absolute Gasteiger partial charge is 0.331 e. The first-order valence-electron chi connectivity index (χ1n) is 4.16. The average molecular weight is 240 g/mol. The molecule has 0 bridgehead atoms. The molecule has 0 saturated carbocycles. The second-order valence-electron chi connectivity index (χ2n) is 2.90. The fourth-order valence-corrected chi connectivity index (χ4v) is 2.15. The third-order valence-corrected chi connectivity index (χ3v) is 3.08. The van der Waals surface area contributed by atoms with Gasteiger partial charge in [0.05, 0.1) is 10.5 Å². The first kappa shape index (κ1) is 10.1. The summed E-state index contributed by atoms with van der Waals surface area (Å²) in [4.78, 5) is 10.3. The molecular weight excluding hydrogens is 234 g/mol. The Kier molecular flexibility index (Phi) is 2.70. The fraction of sp³-hybridized carbons (Fsp3) is 0. The minimum Gasteiger partial charge on any atom is -0.258 e. The van der Waals surface area contributed by atoms with E-state index in [1.165, 1.54) is 0 Å². The van der Waals surface area contributed by atoms with Crippen molar-refractivity contribution in [1.82, 2.24) is 0 Å². The Balaban J connectivity index is 2.49. The molecule has 2 aromatic rings. The molecule has 0 unspecified atom stereocenters. The van der Waals surface area contributed by atoms with E-state index in [-0.39, 0.29) is 9.92 Å². The van der Waals surface area contributed by atoms with Crippen molar-refractivity contribution >= 4 is 27.9 Å². The second-order valence-corrected chi connectivity index (χ2v) is 4.23. The standard InChI is InChI=1S/C10H6ClNO2S/c11-8-3-1-7(2-4-8)9-5-6-15-10(9)12(13)14/h1-6H. The van der Waals surface area contributed by atoms with Crippen LogP contribution < -0.4 is 0 Å². The van der Waals surface area contributed by atoms with E-state index in [1.807, 2.05) is 0 Å². The molecule has 2 rings (SSSR count). The van der Waals surface area contributed by atoms with Crippen molar-refractivity contribution < 1.29 is 4.92 Å². The summed E-state index contributed by atoms with van der Waals surface area (Å²) in [6.07, 6.45) is 0. The lowest BCUT2D eigenvalue weighted by Crippen LogP contribution is -1.86. The van der Waals surface area contributed by atoms with Crippen LogP contribution in [-0.4, -0.2) is 4.92 Å². The minimum atomic E-state index is -0.366. The van der Waals surface area contributed by atoms with E-state index in [0.29, 0.717) is 10.6 Å². The lowest BCUT2D eigenvalue weighted by atomic mass is 10.1. The summed E-state index contributed by atoms with van der Waals surface area (Å²) in [6, 6.07) is 8.73. The Hall–Kier alpha value is -1.39. The van der Waals surface area contributed by atoms with E-state index in [0.717, 1.165) is 16.9 Å². The van der Waals surface area contributed by atoms with E-state index < -0.39 is 0 Å². The van der Waals surface area contributed by atoms with Crippen molar-refractivity contribution in [2.45, 2.75) is 0 Å². The van der Waals surface area contributed by atoms with Crippen LogP contribution in [-0.2, 0) is 0 Å². The van der Waals surface area contributed by atoms with Gasteiger partial charge in [-0.2, -0.15) is 0 Å². The van der Waals surface area contributed by atoms with Gasteiger partial charge in [-0.1, -0.05) is 35.1 Å². The molecule has 0 spiro atoms. The second kappa shape index (κ2) is 4.00. The highest BCUT2D eigenvalue weighted by Crippen LogP contribution is 2.34. The predicted octanol–water partition coefficient (Wildman–Crippen LogP) is 3.98. The maximum Gasteiger partial charge on any atom is 0.331 e. The molecule has 1 aromatic heterocycles. The van der Waals surface area contributed by atoms with Gasteiger partial charge in [-0.25, -0.2) is 0 Å². The van der Waals surface area contributed by atoms with Gasteiger partial charge in [0.25, 0.3) is 0 Å². The quantitative estimate of drug-likeness (QED) is 0.588. The van der Waals surface area contributed by atoms with Crippen molar-refractivity contribution in [3.63, 3.8) is 0 Å². The highest BCUT2D eigenvalue weighted by atomic mass is 35.5. The molecule has 0 aliphatic heterocycles. The topological polar surface area (TPSA) is 43.1 Å². The molecule has 0 atom stereocenters. The molecule has 0 aliphatic rings. The zero-order chi connectivity index (χ0) is 10.8. The van der Waals surface area contributed by atoms with E-state index in [1.54, 1.807) is 35.7 Å². The normalized spacial score (nSPS) is 10.2. The summed E-state index contributed by atoms with van der Waals surface area (Å²) in [5.74, 6) is 0. The number of rotatable bonds is 2. The van der Waals surface area contributed by atoms with Crippen LogP contribution >= 0.6 is 22.9 Å². The Morgan fingerprint density at radius 1 is 1.20 bits per heavy atom. The van der Waals surface area contributed by atoms with Crippen molar-refractivity contribution in [3.8, 4) is 11.1 Å². The van der Waals surface area contributed by atoms with Crippen LogP contribution in [0.15, 0.2) is 35.7 Å². The Bertz CT molecular complexity index is 492. The molecule has 0 fully saturated rings. The number of hydrogen-bond acceptors (Lipinski definition) is 3. The third kappa shape index (κ3) is 2.00. The molecular formula is C10H6ClNO2S. The van der Waals surface area contributed by atoms with Crippen LogP contribution in [0.5, 0.6) is 0 Å². The van der Waals surface area contributed by atoms with Gasteiger partial charge < -0.3 is 0 Å². The number of hydrogen-bond donors (Lipinski definition) is 0. The lowest BCUT2D eigenvalue weighted by Gasteiger charge is -1.97. The molecule has 1 heterocycles. The molecule has 5 heteroatoms. The monoisotopic (exact) mass is 239 g/mol.